The molecule has 0 radical (unpaired) electrons. The molecule has 1 heterocycles. The maximum atomic E-state index is 11.8. The van der Waals surface area contributed by atoms with Crippen molar-refractivity contribution in [2.45, 2.75) is 27.7 Å². The van der Waals surface area contributed by atoms with Crippen molar-refractivity contribution in [2.24, 2.45) is 5.92 Å². The fourth-order valence-electron chi connectivity index (χ4n) is 2.40. The van der Waals surface area contributed by atoms with Gasteiger partial charge in [-0.3, -0.25) is 0 Å². The van der Waals surface area contributed by atoms with Gasteiger partial charge in [-0.15, -0.1) is 0 Å². The van der Waals surface area contributed by atoms with Crippen LogP contribution in [0.4, 0.5) is 5.69 Å². The van der Waals surface area contributed by atoms with Crippen molar-refractivity contribution in [3.63, 3.8) is 0 Å². The van der Waals surface area contributed by atoms with E-state index in [1.807, 2.05) is 18.2 Å². The van der Waals surface area contributed by atoms with E-state index in [0.29, 0.717) is 11.5 Å². The molecule has 0 atom stereocenters. The molecule has 0 spiro atoms. The highest BCUT2D eigenvalue weighted by Crippen LogP contribution is 2.24. The van der Waals surface area contributed by atoms with E-state index in [0.717, 1.165) is 29.7 Å². The lowest BCUT2D eigenvalue weighted by molar-refractivity contribution is 0.560. The number of hydrogen-bond donors (Lipinski definition) is 0. The fourth-order valence-corrected chi connectivity index (χ4v) is 2.40. The normalized spacial score (nSPS) is 11.7. The van der Waals surface area contributed by atoms with Gasteiger partial charge in [0.05, 0.1) is 0 Å². The smallest absolute Gasteiger partial charge is 0.336 e. The fraction of sp³-hybridized carbons (Fsp3) is 0.389. The number of nitrogens with zero attached hydrogens (tertiary/aromatic N) is 1. The lowest BCUT2D eigenvalue weighted by atomic mass is 10.1. The first-order valence-corrected chi connectivity index (χ1v) is 7.56. The number of allylic oxidation sites excluding steroid dienone is 1. The monoisotopic (exact) mass is 285 g/mol. The van der Waals surface area contributed by atoms with E-state index in [9.17, 15) is 4.79 Å². The molecule has 0 aliphatic carbocycles. The quantitative estimate of drug-likeness (QED) is 0.768. The number of anilines is 1. The molecule has 1 aromatic heterocycles. The topological polar surface area (TPSA) is 33.5 Å². The lowest BCUT2D eigenvalue weighted by Gasteiger charge is -2.21. The highest BCUT2D eigenvalue weighted by molar-refractivity contribution is 5.88. The Balaban J connectivity index is 2.56. The Morgan fingerprint density at radius 3 is 2.52 bits per heavy atom. The number of hydrogen-bond acceptors (Lipinski definition) is 3. The van der Waals surface area contributed by atoms with E-state index >= 15 is 0 Å². The molecule has 0 amide bonds. The molecule has 0 saturated heterocycles. The summed E-state index contributed by atoms with van der Waals surface area (Å²) in [7, 11) is 0. The molecule has 0 N–H and O–H groups in total. The van der Waals surface area contributed by atoms with Gasteiger partial charge in [0.25, 0.3) is 0 Å². The Kier molecular flexibility index (Phi) is 4.84. The molecule has 0 aliphatic rings. The molecule has 2 rings (SSSR count). The molecule has 0 fully saturated rings. The molecule has 0 saturated carbocycles. The van der Waals surface area contributed by atoms with Gasteiger partial charge in [0, 0.05) is 36.3 Å². The molecule has 2 aromatic rings. The van der Waals surface area contributed by atoms with Crippen molar-refractivity contribution in [1.82, 2.24) is 0 Å². The van der Waals surface area contributed by atoms with Crippen LogP contribution in [0.3, 0.4) is 0 Å². The van der Waals surface area contributed by atoms with Crippen LogP contribution >= 0.6 is 0 Å². The molecule has 21 heavy (non-hydrogen) atoms. The average Bonchev–Trinajstić information content (AvgIpc) is 2.45. The minimum Gasteiger partial charge on any atom is -0.423 e. The zero-order valence-electron chi connectivity index (χ0n) is 13.2. The standard InChI is InChI=1S/C18H23NO2/c1-5-19(6-2)15-9-10-16-14(8-7-13(3)4)11-18(20)21-17(16)12-15/h7-13H,5-6H2,1-4H3/b8-7+. The molecule has 1 aromatic carbocycles. The summed E-state index contributed by atoms with van der Waals surface area (Å²) in [5.74, 6) is 0.447. The SMILES string of the molecule is CCN(CC)c1ccc2c(/C=C/C(C)C)cc(=O)oc2c1. The van der Waals surface area contributed by atoms with Gasteiger partial charge in [-0.25, -0.2) is 4.79 Å². The van der Waals surface area contributed by atoms with Gasteiger partial charge in [0.1, 0.15) is 5.58 Å². The number of rotatable bonds is 5. The second-order valence-corrected chi connectivity index (χ2v) is 5.48. The summed E-state index contributed by atoms with van der Waals surface area (Å²) >= 11 is 0. The van der Waals surface area contributed by atoms with E-state index in [1.54, 1.807) is 6.07 Å². The molecule has 112 valence electrons. The van der Waals surface area contributed by atoms with Gasteiger partial charge in [-0.05, 0) is 37.5 Å². The van der Waals surface area contributed by atoms with Crippen molar-refractivity contribution in [1.29, 1.82) is 0 Å². The van der Waals surface area contributed by atoms with Gasteiger partial charge < -0.3 is 9.32 Å². The molecular formula is C18H23NO2. The summed E-state index contributed by atoms with van der Waals surface area (Å²) < 4.78 is 5.37. The van der Waals surface area contributed by atoms with Crippen molar-refractivity contribution < 1.29 is 4.42 Å². The minimum absolute atomic E-state index is 0.303. The summed E-state index contributed by atoms with van der Waals surface area (Å²) in [5, 5.41) is 0.974. The van der Waals surface area contributed by atoms with Gasteiger partial charge in [0.2, 0.25) is 0 Å². The second-order valence-electron chi connectivity index (χ2n) is 5.48. The third-order valence-corrected chi connectivity index (χ3v) is 3.55. The summed E-state index contributed by atoms with van der Waals surface area (Å²) in [6, 6.07) is 7.63. The van der Waals surface area contributed by atoms with Gasteiger partial charge in [-0.1, -0.05) is 26.0 Å². The summed E-state index contributed by atoms with van der Waals surface area (Å²) in [5.41, 5.74) is 2.35. The first kappa shape index (κ1) is 15.4. The molecule has 3 heteroatoms. The van der Waals surface area contributed by atoms with Crippen LogP contribution in [-0.2, 0) is 0 Å². The molecule has 0 aliphatic heterocycles. The van der Waals surface area contributed by atoms with Crippen LogP contribution in [0, 0.1) is 5.92 Å². The van der Waals surface area contributed by atoms with Crippen LogP contribution < -0.4 is 10.5 Å². The van der Waals surface area contributed by atoms with E-state index in [1.165, 1.54) is 0 Å². The van der Waals surface area contributed by atoms with E-state index in [4.69, 9.17) is 4.42 Å². The molecular weight excluding hydrogens is 262 g/mol. The summed E-state index contributed by atoms with van der Waals surface area (Å²) in [6.07, 6.45) is 4.09. The van der Waals surface area contributed by atoms with Crippen LogP contribution in [0.15, 0.2) is 39.6 Å². The van der Waals surface area contributed by atoms with Gasteiger partial charge in [-0.2, -0.15) is 0 Å². The van der Waals surface area contributed by atoms with Crippen LogP contribution in [0.25, 0.3) is 17.0 Å². The van der Waals surface area contributed by atoms with Crippen LogP contribution in [-0.4, -0.2) is 13.1 Å². The molecule has 3 nitrogen and oxygen atoms in total. The zero-order chi connectivity index (χ0) is 15.4. The largest absolute Gasteiger partial charge is 0.423 e. The maximum absolute atomic E-state index is 11.8. The zero-order valence-corrected chi connectivity index (χ0v) is 13.2. The molecule has 0 unspecified atom stereocenters. The Labute approximate surface area is 125 Å². The maximum Gasteiger partial charge on any atom is 0.336 e. The third-order valence-electron chi connectivity index (χ3n) is 3.55. The van der Waals surface area contributed by atoms with Crippen LogP contribution in [0.5, 0.6) is 0 Å². The van der Waals surface area contributed by atoms with Gasteiger partial charge in [0.15, 0.2) is 0 Å². The first-order valence-electron chi connectivity index (χ1n) is 7.56. The minimum atomic E-state index is -0.303. The Morgan fingerprint density at radius 2 is 1.90 bits per heavy atom. The van der Waals surface area contributed by atoms with Crippen molar-refractivity contribution >= 4 is 22.7 Å². The molecule has 0 bridgehead atoms. The van der Waals surface area contributed by atoms with E-state index < -0.39 is 0 Å². The van der Waals surface area contributed by atoms with Crippen molar-refractivity contribution in [2.75, 3.05) is 18.0 Å². The number of benzene rings is 1. The Hall–Kier alpha value is -2.03. The van der Waals surface area contributed by atoms with E-state index in [-0.39, 0.29) is 5.63 Å². The van der Waals surface area contributed by atoms with Crippen molar-refractivity contribution in [3.05, 3.63) is 46.3 Å². The Bertz CT molecular complexity index is 694. The highest BCUT2D eigenvalue weighted by atomic mass is 16.4. The third kappa shape index (κ3) is 3.54. The van der Waals surface area contributed by atoms with Crippen LogP contribution in [0.2, 0.25) is 0 Å². The van der Waals surface area contributed by atoms with Crippen molar-refractivity contribution in [3.8, 4) is 0 Å². The van der Waals surface area contributed by atoms with Crippen LogP contribution in [0.1, 0.15) is 33.3 Å². The highest BCUT2D eigenvalue weighted by Gasteiger charge is 2.07. The van der Waals surface area contributed by atoms with Gasteiger partial charge >= 0.3 is 5.63 Å². The number of fused-ring (bicyclic) bond motifs is 1. The van der Waals surface area contributed by atoms with E-state index in [2.05, 4.69) is 44.7 Å². The predicted molar refractivity (Wildman–Crippen MR) is 89.9 cm³/mol. The average molecular weight is 285 g/mol. The predicted octanol–water partition coefficient (Wildman–Crippen LogP) is 4.31. The lowest BCUT2D eigenvalue weighted by Crippen LogP contribution is -2.21. The Morgan fingerprint density at radius 1 is 1.19 bits per heavy atom. The second kappa shape index (κ2) is 6.61. The summed E-state index contributed by atoms with van der Waals surface area (Å²) in [6.45, 7) is 10.3. The first-order chi connectivity index (χ1) is 10.0. The summed E-state index contributed by atoms with van der Waals surface area (Å²) in [4.78, 5) is 14.0.